The zero-order valence-corrected chi connectivity index (χ0v) is 21.4. The van der Waals surface area contributed by atoms with Gasteiger partial charge in [-0.1, -0.05) is 59.1 Å². The van der Waals surface area contributed by atoms with Gasteiger partial charge >= 0.3 is 0 Å². The molecule has 172 valence electrons. The number of nitrogens with one attached hydrogen (secondary N) is 1. The molecule has 1 aliphatic rings. The third-order valence-electron chi connectivity index (χ3n) is 5.29. The average molecular weight is 473 g/mol. The van der Waals surface area contributed by atoms with Crippen LogP contribution in [-0.2, 0) is 0 Å². The van der Waals surface area contributed by atoms with Crippen molar-refractivity contribution in [2.24, 2.45) is 0 Å². The first-order valence-corrected chi connectivity index (χ1v) is 12.6. The highest BCUT2D eigenvalue weighted by Gasteiger charge is 2.22. The van der Waals surface area contributed by atoms with Gasteiger partial charge in [-0.15, -0.1) is 11.8 Å². The minimum absolute atomic E-state index is 0.150. The summed E-state index contributed by atoms with van der Waals surface area (Å²) < 4.78 is 1.93. The fourth-order valence-electron chi connectivity index (χ4n) is 3.96. The molecule has 4 rings (SSSR count). The number of benzene rings is 1. The molecule has 0 amide bonds. The normalized spacial score (nSPS) is 14.3. The van der Waals surface area contributed by atoms with Crippen LogP contribution in [0, 0.1) is 6.92 Å². The summed E-state index contributed by atoms with van der Waals surface area (Å²) in [6.07, 6.45) is 5.95. The van der Waals surface area contributed by atoms with Gasteiger partial charge in [0, 0.05) is 33.0 Å². The van der Waals surface area contributed by atoms with Crippen LogP contribution in [0.25, 0.3) is 11.0 Å². The van der Waals surface area contributed by atoms with Crippen molar-refractivity contribution in [3.63, 3.8) is 0 Å². The fourth-order valence-corrected chi connectivity index (χ4v) is 5.25. The van der Waals surface area contributed by atoms with E-state index in [1.54, 1.807) is 16.8 Å². The van der Waals surface area contributed by atoms with Crippen molar-refractivity contribution in [1.29, 1.82) is 0 Å². The van der Waals surface area contributed by atoms with Crippen molar-refractivity contribution in [3.8, 4) is 0 Å². The molecule has 32 heavy (non-hydrogen) atoms. The van der Waals surface area contributed by atoms with Gasteiger partial charge in [-0.25, -0.2) is 4.98 Å². The molecule has 0 unspecified atom stereocenters. The second-order valence-corrected chi connectivity index (χ2v) is 11.2. The molecule has 1 N–H and O–H groups in total. The highest BCUT2D eigenvalue weighted by atomic mass is 35.5. The van der Waals surface area contributed by atoms with Crippen LogP contribution >= 0.6 is 23.4 Å². The Bertz CT molecular complexity index is 1150. The van der Waals surface area contributed by atoms with Gasteiger partial charge in [0.1, 0.15) is 10.7 Å². The number of thioether (sulfide) groups is 1. The lowest BCUT2D eigenvalue weighted by molar-refractivity contribution is 0.516. The van der Waals surface area contributed by atoms with Crippen molar-refractivity contribution < 1.29 is 0 Å². The van der Waals surface area contributed by atoms with Gasteiger partial charge in [-0.3, -0.25) is 9.36 Å². The molecule has 0 aliphatic heterocycles. The van der Waals surface area contributed by atoms with E-state index < -0.39 is 0 Å². The average Bonchev–Trinajstić information content (AvgIpc) is 3.26. The van der Waals surface area contributed by atoms with E-state index in [9.17, 15) is 4.79 Å². The predicted octanol–water partition coefficient (Wildman–Crippen LogP) is 7.53. The van der Waals surface area contributed by atoms with E-state index in [1.807, 2.05) is 25.6 Å². The van der Waals surface area contributed by atoms with Crippen LogP contribution in [0.1, 0.15) is 71.9 Å². The molecular formula is C25H33ClN4OS. The number of hydrogen-bond acceptors (Lipinski definition) is 5. The van der Waals surface area contributed by atoms with E-state index in [2.05, 4.69) is 56.2 Å². The van der Waals surface area contributed by atoms with E-state index in [0.717, 1.165) is 42.3 Å². The van der Waals surface area contributed by atoms with E-state index in [4.69, 9.17) is 16.6 Å². The summed E-state index contributed by atoms with van der Waals surface area (Å²) in [6, 6.07) is 8.16. The summed E-state index contributed by atoms with van der Waals surface area (Å²) in [4.78, 5) is 23.2. The predicted molar refractivity (Wildman–Crippen MR) is 138 cm³/mol. The first kappa shape index (κ1) is 24.6. The fraction of sp³-hybridized carbons (Fsp3) is 0.480. The second-order valence-electron chi connectivity index (χ2n) is 8.89. The van der Waals surface area contributed by atoms with E-state index in [0.29, 0.717) is 11.6 Å². The van der Waals surface area contributed by atoms with Crippen molar-refractivity contribution in [2.75, 3.05) is 5.32 Å². The lowest BCUT2D eigenvalue weighted by Crippen LogP contribution is -2.25. The molecule has 1 fully saturated rings. The molecule has 1 aromatic carbocycles. The molecule has 1 aliphatic carbocycles. The molecule has 0 saturated heterocycles. The van der Waals surface area contributed by atoms with Crippen LogP contribution in [0.15, 0.2) is 40.2 Å². The highest BCUT2D eigenvalue weighted by Crippen LogP contribution is 2.34. The van der Waals surface area contributed by atoms with Gasteiger partial charge < -0.3 is 5.32 Å². The van der Waals surface area contributed by atoms with Crippen molar-refractivity contribution in [1.82, 2.24) is 14.5 Å². The minimum atomic E-state index is -0.166. The largest absolute Gasteiger partial charge is 0.324 e. The standard InChI is InChI=1S/C23H27ClN4OS.C2H6/c1-14-11-17(30-23(2,3)4)9-10-19(14)26-22-25-13-15-12-18(24)21(29)28(20(15)27-22)16-7-5-6-8-16;1-2/h9-13,16H,5-8H2,1-4H3,(H,25,26,27);1-2H3. The second kappa shape index (κ2) is 10.3. The molecule has 3 aromatic rings. The Morgan fingerprint density at radius 2 is 1.84 bits per heavy atom. The first-order valence-electron chi connectivity index (χ1n) is 11.4. The smallest absolute Gasteiger partial charge is 0.271 e. The summed E-state index contributed by atoms with van der Waals surface area (Å²) in [7, 11) is 0. The van der Waals surface area contributed by atoms with Crippen LogP contribution in [0.4, 0.5) is 11.6 Å². The molecule has 5 nitrogen and oxygen atoms in total. The summed E-state index contributed by atoms with van der Waals surface area (Å²) >= 11 is 8.06. The number of fused-ring (bicyclic) bond motifs is 1. The van der Waals surface area contributed by atoms with Crippen molar-refractivity contribution in [3.05, 3.63) is 51.4 Å². The number of nitrogens with zero attached hydrogens (tertiary/aromatic N) is 3. The number of pyridine rings is 1. The Labute approximate surface area is 200 Å². The third kappa shape index (κ3) is 5.65. The maximum Gasteiger partial charge on any atom is 0.271 e. The molecule has 2 heterocycles. The number of halogens is 1. The van der Waals surface area contributed by atoms with Crippen LogP contribution in [0.2, 0.25) is 5.02 Å². The molecule has 0 radical (unpaired) electrons. The molecule has 0 spiro atoms. The van der Waals surface area contributed by atoms with Gasteiger partial charge in [0.05, 0.1) is 0 Å². The minimum Gasteiger partial charge on any atom is -0.324 e. The molecule has 0 bridgehead atoms. The Morgan fingerprint density at radius 1 is 1.16 bits per heavy atom. The summed E-state index contributed by atoms with van der Waals surface area (Å²) in [5, 5.41) is 4.33. The lowest BCUT2D eigenvalue weighted by atomic mass is 10.2. The maximum absolute atomic E-state index is 12.8. The molecule has 7 heteroatoms. The summed E-state index contributed by atoms with van der Waals surface area (Å²) in [6.45, 7) is 12.7. The molecule has 0 atom stereocenters. The highest BCUT2D eigenvalue weighted by molar-refractivity contribution is 8.00. The van der Waals surface area contributed by atoms with Crippen LogP contribution in [-0.4, -0.2) is 19.3 Å². The van der Waals surface area contributed by atoms with Crippen LogP contribution in [0.5, 0.6) is 0 Å². The molecule has 2 aromatic heterocycles. The number of aryl methyl sites for hydroxylation is 1. The Kier molecular flexibility index (Phi) is 7.88. The van der Waals surface area contributed by atoms with Gasteiger partial charge in [0.15, 0.2) is 0 Å². The SMILES string of the molecule is CC.Cc1cc(SC(C)(C)C)ccc1Nc1ncc2cc(Cl)c(=O)n(C3CCCC3)c2n1. The van der Waals surface area contributed by atoms with Crippen molar-refractivity contribution in [2.45, 2.75) is 82.9 Å². The number of rotatable bonds is 4. The third-order valence-corrected chi connectivity index (χ3v) is 6.66. The first-order chi connectivity index (χ1) is 15.2. The monoisotopic (exact) mass is 472 g/mol. The Balaban J connectivity index is 0.00000141. The molecular weight excluding hydrogens is 440 g/mol. The summed E-state index contributed by atoms with van der Waals surface area (Å²) in [5.41, 5.74) is 2.56. The number of aromatic nitrogens is 3. The van der Waals surface area contributed by atoms with Gasteiger partial charge in [-0.05, 0) is 49.6 Å². The Morgan fingerprint density at radius 3 is 2.47 bits per heavy atom. The zero-order chi connectivity index (χ0) is 23.5. The van der Waals surface area contributed by atoms with Crippen LogP contribution in [0.3, 0.4) is 0 Å². The summed E-state index contributed by atoms with van der Waals surface area (Å²) in [5.74, 6) is 0.482. The van der Waals surface area contributed by atoms with Gasteiger partial charge in [-0.2, -0.15) is 4.98 Å². The zero-order valence-electron chi connectivity index (χ0n) is 19.8. The van der Waals surface area contributed by atoms with E-state index >= 15 is 0 Å². The number of hydrogen-bond donors (Lipinski definition) is 1. The van der Waals surface area contributed by atoms with E-state index in [1.165, 1.54) is 4.90 Å². The van der Waals surface area contributed by atoms with Gasteiger partial charge in [0.2, 0.25) is 5.95 Å². The Hall–Kier alpha value is -2.05. The van der Waals surface area contributed by atoms with Crippen LogP contribution < -0.4 is 10.9 Å². The molecule has 1 saturated carbocycles. The quantitative estimate of drug-likeness (QED) is 0.397. The maximum atomic E-state index is 12.8. The topological polar surface area (TPSA) is 59.8 Å². The van der Waals surface area contributed by atoms with Crippen molar-refractivity contribution >= 4 is 46.0 Å². The lowest BCUT2D eigenvalue weighted by Gasteiger charge is -2.19. The van der Waals surface area contributed by atoms with Gasteiger partial charge in [0.25, 0.3) is 5.56 Å². The number of anilines is 2. The van der Waals surface area contributed by atoms with E-state index in [-0.39, 0.29) is 21.4 Å².